The fourth-order valence-corrected chi connectivity index (χ4v) is 4.32. The smallest absolute Gasteiger partial charge is 0.230 e. The first-order valence-electron chi connectivity index (χ1n) is 10.8. The van der Waals surface area contributed by atoms with E-state index in [0.717, 1.165) is 46.5 Å². The Hall–Kier alpha value is -3.19. The summed E-state index contributed by atoms with van der Waals surface area (Å²) in [6, 6.07) is 20.3. The minimum atomic E-state index is -0.390. The van der Waals surface area contributed by atoms with Crippen LogP contribution in [0, 0.1) is 5.92 Å². The van der Waals surface area contributed by atoms with Crippen molar-refractivity contribution in [2.45, 2.75) is 44.1 Å². The van der Waals surface area contributed by atoms with Crippen LogP contribution in [-0.2, 0) is 11.3 Å². The zero-order valence-corrected chi connectivity index (χ0v) is 19.3. The Morgan fingerprint density at radius 3 is 2.47 bits per heavy atom. The molecule has 0 saturated heterocycles. The molecule has 4 rings (SSSR count). The number of nitrogens with two attached hydrogens (primary N) is 1. The number of nitrogens with zero attached hydrogens (tertiary/aromatic N) is 4. The number of amides is 1. The topological polar surface area (TPSA) is 86.7 Å². The molecule has 0 aliphatic carbocycles. The number of para-hydroxylation sites is 1. The van der Waals surface area contributed by atoms with Crippen molar-refractivity contribution >= 4 is 28.6 Å². The summed E-state index contributed by atoms with van der Waals surface area (Å²) in [5.74, 6) is 0.932. The van der Waals surface area contributed by atoms with Crippen LogP contribution in [0.5, 0.6) is 0 Å². The molecule has 2 aromatic carbocycles. The van der Waals surface area contributed by atoms with Crippen LogP contribution in [-0.4, -0.2) is 30.9 Å². The summed E-state index contributed by atoms with van der Waals surface area (Å²) < 4.78 is 2.11. The predicted octanol–water partition coefficient (Wildman–Crippen LogP) is 5.17. The third-order valence-corrected chi connectivity index (χ3v) is 6.46. The number of carbonyl (C=O) groups is 1. The Morgan fingerprint density at radius 1 is 1.03 bits per heavy atom. The summed E-state index contributed by atoms with van der Waals surface area (Å²) in [4.78, 5) is 16.6. The van der Waals surface area contributed by atoms with Gasteiger partial charge < -0.3 is 10.3 Å². The number of aromatic nitrogens is 4. The molecule has 0 saturated carbocycles. The van der Waals surface area contributed by atoms with E-state index < -0.39 is 0 Å². The zero-order chi connectivity index (χ0) is 22.7. The van der Waals surface area contributed by atoms with Gasteiger partial charge in [-0.05, 0) is 31.4 Å². The lowest BCUT2D eigenvalue weighted by molar-refractivity contribution is -0.117. The second kappa shape index (κ2) is 9.53. The normalized spacial score (nSPS) is 12.4. The van der Waals surface area contributed by atoms with Gasteiger partial charge in [-0.25, -0.2) is 4.98 Å². The molecule has 2 heterocycles. The van der Waals surface area contributed by atoms with Crippen molar-refractivity contribution in [1.29, 1.82) is 0 Å². The van der Waals surface area contributed by atoms with Crippen molar-refractivity contribution in [2.75, 3.05) is 0 Å². The second-order valence-electron chi connectivity index (χ2n) is 8.24. The highest BCUT2D eigenvalue weighted by Gasteiger charge is 2.21. The molecule has 0 spiro atoms. The first kappa shape index (κ1) is 22.0. The van der Waals surface area contributed by atoms with Crippen molar-refractivity contribution < 1.29 is 4.79 Å². The molecule has 0 aliphatic heterocycles. The van der Waals surface area contributed by atoms with Crippen LogP contribution < -0.4 is 5.73 Å². The molecule has 1 amide bonds. The lowest BCUT2D eigenvalue weighted by Gasteiger charge is -2.15. The summed E-state index contributed by atoms with van der Waals surface area (Å²) in [6.07, 6.45) is 0.970. The van der Waals surface area contributed by atoms with Crippen LogP contribution in [0.3, 0.4) is 0 Å². The Kier molecular flexibility index (Phi) is 6.55. The number of pyridine rings is 1. The highest BCUT2D eigenvalue weighted by Crippen LogP contribution is 2.34. The molecule has 0 bridgehead atoms. The standard InChI is InChI=1S/C25H27N5OS/c1-16(2)13-14-30-24(28-29-25(30)32-17(3)23(26)31)20-15-22(18-9-5-4-6-10-18)27-21-12-8-7-11-19(20)21/h4-12,15-17H,13-14H2,1-3H3,(H2,26,31). The lowest BCUT2D eigenvalue weighted by atomic mass is 10.0. The summed E-state index contributed by atoms with van der Waals surface area (Å²) >= 11 is 1.35. The van der Waals surface area contributed by atoms with Gasteiger partial charge in [0, 0.05) is 23.1 Å². The van der Waals surface area contributed by atoms with E-state index in [-0.39, 0.29) is 11.2 Å². The fraction of sp³-hybridized carbons (Fsp3) is 0.280. The van der Waals surface area contributed by atoms with Crippen molar-refractivity contribution in [3.05, 3.63) is 60.7 Å². The molecule has 7 heteroatoms. The number of benzene rings is 2. The average Bonchev–Trinajstić information content (AvgIpc) is 3.19. The minimum Gasteiger partial charge on any atom is -0.369 e. The van der Waals surface area contributed by atoms with Gasteiger partial charge in [0.2, 0.25) is 5.91 Å². The van der Waals surface area contributed by atoms with E-state index in [4.69, 9.17) is 10.7 Å². The van der Waals surface area contributed by atoms with E-state index in [1.165, 1.54) is 11.8 Å². The Balaban J connectivity index is 1.89. The Bertz CT molecular complexity index is 1240. The van der Waals surface area contributed by atoms with Gasteiger partial charge in [-0.15, -0.1) is 10.2 Å². The number of thioether (sulfide) groups is 1. The van der Waals surface area contributed by atoms with Gasteiger partial charge in [0.25, 0.3) is 0 Å². The summed E-state index contributed by atoms with van der Waals surface area (Å²) in [6.45, 7) is 6.94. The number of hydrogen-bond donors (Lipinski definition) is 1. The summed E-state index contributed by atoms with van der Waals surface area (Å²) in [5.41, 5.74) is 9.32. The van der Waals surface area contributed by atoms with Crippen molar-refractivity contribution in [3.63, 3.8) is 0 Å². The van der Waals surface area contributed by atoms with E-state index in [1.54, 1.807) is 6.92 Å². The monoisotopic (exact) mass is 445 g/mol. The van der Waals surface area contributed by atoms with E-state index >= 15 is 0 Å². The van der Waals surface area contributed by atoms with Gasteiger partial charge in [0.05, 0.1) is 16.5 Å². The predicted molar refractivity (Wildman–Crippen MR) is 130 cm³/mol. The van der Waals surface area contributed by atoms with Crippen molar-refractivity contribution in [2.24, 2.45) is 11.7 Å². The molecule has 2 aromatic heterocycles. The Labute approximate surface area is 192 Å². The first-order chi connectivity index (χ1) is 15.4. The van der Waals surface area contributed by atoms with Gasteiger partial charge in [-0.2, -0.15) is 0 Å². The van der Waals surface area contributed by atoms with Gasteiger partial charge in [-0.1, -0.05) is 74.1 Å². The number of primary amides is 1. The lowest BCUT2D eigenvalue weighted by Crippen LogP contribution is -2.23. The SMILES string of the molecule is CC(C)CCn1c(SC(C)C(N)=O)nnc1-c1cc(-c2ccccc2)nc2ccccc12. The second-order valence-corrected chi connectivity index (χ2v) is 9.55. The summed E-state index contributed by atoms with van der Waals surface area (Å²) in [7, 11) is 0. The molecular weight excluding hydrogens is 418 g/mol. The molecule has 4 aromatic rings. The van der Waals surface area contributed by atoms with Gasteiger partial charge >= 0.3 is 0 Å². The molecule has 6 nitrogen and oxygen atoms in total. The highest BCUT2D eigenvalue weighted by molar-refractivity contribution is 8.00. The maximum atomic E-state index is 11.7. The van der Waals surface area contributed by atoms with Crippen LogP contribution in [0.1, 0.15) is 27.2 Å². The van der Waals surface area contributed by atoms with Crippen LogP contribution in [0.25, 0.3) is 33.5 Å². The molecule has 0 radical (unpaired) electrons. The molecule has 1 atom stereocenters. The number of fused-ring (bicyclic) bond motifs is 1. The van der Waals surface area contributed by atoms with Crippen molar-refractivity contribution in [3.8, 4) is 22.6 Å². The zero-order valence-electron chi connectivity index (χ0n) is 18.5. The molecule has 1 unspecified atom stereocenters. The molecule has 164 valence electrons. The largest absolute Gasteiger partial charge is 0.369 e. The number of rotatable bonds is 8. The number of carbonyl (C=O) groups excluding carboxylic acids is 1. The fourth-order valence-electron chi connectivity index (χ4n) is 3.50. The Morgan fingerprint density at radius 2 is 1.75 bits per heavy atom. The van der Waals surface area contributed by atoms with Crippen LogP contribution in [0.2, 0.25) is 0 Å². The average molecular weight is 446 g/mol. The van der Waals surface area contributed by atoms with E-state index in [1.807, 2.05) is 36.4 Å². The van der Waals surface area contributed by atoms with E-state index in [0.29, 0.717) is 11.1 Å². The maximum absolute atomic E-state index is 11.7. The van der Waals surface area contributed by atoms with E-state index in [2.05, 4.69) is 52.9 Å². The maximum Gasteiger partial charge on any atom is 0.230 e. The van der Waals surface area contributed by atoms with Crippen LogP contribution >= 0.6 is 11.8 Å². The molecule has 0 aliphatic rings. The molecular formula is C25H27N5OS. The third kappa shape index (κ3) is 4.67. The quantitative estimate of drug-likeness (QED) is 0.378. The minimum absolute atomic E-state index is 0.365. The third-order valence-electron chi connectivity index (χ3n) is 5.36. The first-order valence-corrected chi connectivity index (χ1v) is 11.7. The van der Waals surface area contributed by atoms with Crippen LogP contribution in [0.15, 0.2) is 65.8 Å². The number of hydrogen-bond acceptors (Lipinski definition) is 5. The highest BCUT2D eigenvalue weighted by atomic mass is 32.2. The van der Waals surface area contributed by atoms with Gasteiger partial charge in [-0.3, -0.25) is 4.79 Å². The summed E-state index contributed by atoms with van der Waals surface area (Å²) in [5, 5.41) is 10.4. The van der Waals surface area contributed by atoms with Gasteiger partial charge in [0.1, 0.15) is 0 Å². The van der Waals surface area contributed by atoms with Gasteiger partial charge in [0.15, 0.2) is 11.0 Å². The molecule has 2 N–H and O–H groups in total. The molecule has 32 heavy (non-hydrogen) atoms. The van der Waals surface area contributed by atoms with Crippen LogP contribution in [0.4, 0.5) is 0 Å². The van der Waals surface area contributed by atoms with E-state index in [9.17, 15) is 4.79 Å². The molecule has 0 fully saturated rings. The van der Waals surface area contributed by atoms with Crippen molar-refractivity contribution in [1.82, 2.24) is 19.7 Å².